The third kappa shape index (κ3) is 4.24. The van der Waals surface area contributed by atoms with Gasteiger partial charge in [-0.2, -0.15) is 0 Å². The van der Waals surface area contributed by atoms with E-state index in [2.05, 4.69) is 10.3 Å². The predicted octanol–water partition coefficient (Wildman–Crippen LogP) is 2.68. The molecule has 0 radical (unpaired) electrons. The third-order valence-electron chi connectivity index (χ3n) is 4.03. The van der Waals surface area contributed by atoms with E-state index in [1.807, 2.05) is 23.2 Å². The van der Waals surface area contributed by atoms with Crippen LogP contribution in [0, 0.1) is 0 Å². The van der Waals surface area contributed by atoms with Gasteiger partial charge < -0.3 is 15.0 Å². The Bertz CT molecular complexity index is 664. The molecule has 1 aromatic carbocycles. The van der Waals surface area contributed by atoms with E-state index < -0.39 is 0 Å². The zero-order valence-electron chi connectivity index (χ0n) is 13.3. The number of carbonyl (C=O) groups excluding carboxylic acids is 1. The average Bonchev–Trinajstić information content (AvgIpc) is 2.64. The number of halogens is 1. The second-order valence-corrected chi connectivity index (χ2v) is 6.08. The van der Waals surface area contributed by atoms with E-state index in [0.717, 1.165) is 24.4 Å². The summed E-state index contributed by atoms with van der Waals surface area (Å²) in [6, 6.07) is 11.1. The lowest BCUT2D eigenvalue weighted by Gasteiger charge is -2.36. The smallest absolute Gasteiger partial charge is 0.226 e. The molecule has 0 bridgehead atoms. The van der Waals surface area contributed by atoms with E-state index in [4.69, 9.17) is 16.3 Å². The highest BCUT2D eigenvalue weighted by atomic mass is 35.5. The van der Waals surface area contributed by atoms with Crippen LogP contribution in [-0.4, -0.2) is 42.0 Å². The molecule has 1 atom stereocenters. The molecule has 1 aliphatic heterocycles. The number of ether oxygens (including phenoxy) is 1. The summed E-state index contributed by atoms with van der Waals surface area (Å²) in [5, 5.41) is 4.01. The van der Waals surface area contributed by atoms with Gasteiger partial charge in [0, 0.05) is 37.1 Å². The van der Waals surface area contributed by atoms with Gasteiger partial charge in [0.1, 0.15) is 5.75 Å². The maximum Gasteiger partial charge on any atom is 0.226 e. The highest BCUT2D eigenvalue weighted by Gasteiger charge is 2.27. The Morgan fingerprint density at radius 1 is 1.33 bits per heavy atom. The van der Waals surface area contributed by atoms with Gasteiger partial charge >= 0.3 is 0 Å². The number of nitrogens with one attached hydrogen (secondary N) is 1. The number of hydrogen-bond acceptors (Lipinski definition) is 4. The molecule has 1 aliphatic rings. The summed E-state index contributed by atoms with van der Waals surface area (Å²) >= 11 is 5.84. The van der Waals surface area contributed by atoms with Crippen molar-refractivity contribution in [3.63, 3.8) is 0 Å². The molecule has 0 spiro atoms. The highest BCUT2D eigenvalue weighted by molar-refractivity contribution is 6.30. The lowest BCUT2D eigenvalue weighted by atomic mass is 10.0. The summed E-state index contributed by atoms with van der Waals surface area (Å²) in [7, 11) is 0. The second-order valence-electron chi connectivity index (χ2n) is 5.65. The molecule has 2 heterocycles. The van der Waals surface area contributed by atoms with Gasteiger partial charge in [-0.1, -0.05) is 17.7 Å². The Balaban J connectivity index is 1.57. The fourth-order valence-corrected chi connectivity index (χ4v) is 2.93. The molecular weight excluding hydrogens is 326 g/mol. The first-order valence-electron chi connectivity index (χ1n) is 8.02. The number of nitrogens with zero attached hydrogens (tertiary/aromatic N) is 2. The van der Waals surface area contributed by atoms with Crippen LogP contribution in [-0.2, 0) is 4.79 Å². The zero-order valence-corrected chi connectivity index (χ0v) is 14.1. The van der Waals surface area contributed by atoms with Crippen molar-refractivity contribution in [2.75, 3.05) is 26.2 Å². The van der Waals surface area contributed by atoms with Crippen LogP contribution < -0.4 is 10.1 Å². The molecule has 0 saturated carbocycles. The van der Waals surface area contributed by atoms with Crippen molar-refractivity contribution >= 4 is 17.5 Å². The molecule has 24 heavy (non-hydrogen) atoms. The normalized spacial score (nSPS) is 17.5. The number of pyridine rings is 1. The molecule has 1 aromatic heterocycles. The van der Waals surface area contributed by atoms with E-state index >= 15 is 0 Å². The first-order valence-corrected chi connectivity index (χ1v) is 8.40. The topological polar surface area (TPSA) is 54.5 Å². The molecule has 1 fully saturated rings. The zero-order chi connectivity index (χ0) is 16.8. The van der Waals surface area contributed by atoms with Crippen LogP contribution in [0.1, 0.15) is 18.0 Å². The van der Waals surface area contributed by atoms with Crippen LogP contribution in [0.4, 0.5) is 0 Å². The summed E-state index contributed by atoms with van der Waals surface area (Å²) in [4.78, 5) is 18.7. The van der Waals surface area contributed by atoms with Gasteiger partial charge in [0.05, 0.1) is 19.1 Å². The third-order valence-corrected chi connectivity index (χ3v) is 4.28. The Kier molecular flexibility index (Phi) is 5.67. The summed E-state index contributed by atoms with van der Waals surface area (Å²) < 4.78 is 5.63. The molecule has 0 aliphatic carbocycles. The molecule has 3 rings (SSSR count). The molecule has 1 amide bonds. The fourth-order valence-electron chi connectivity index (χ4n) is 2.80. The Morgan fingerprint density at radius 2 is 2.17 bits per heavy atom. The van der Waals surface area contributed by atoms with Crippen molar-refractivity contribution in [2.24, 2.45) is 0 Å². The molecule has 6 heteroatoms. The van der Waals surface area contributed by atoms with Gasteiger partial charge in [-0.15, -0.1) is 0 Å². The first kappa shape index (κ1) is 16.7. The Morgan fingerprint density at radius 3 is 2.92 bits per heavy atom. The van der Waals surface area contributed by atoms with Crippen LogP contribution in [0.3, 0.4) is 0 Å². The van der Waals surface area contributed by atoms with Crippen molar-refractivity contribution in [1.29, 1.82) is 0 Å². The van der Waals surface area contributed by atoms with Gasteiger partial charge in [-0.3, -0.25) is 9.78 Å². The molecular formula is C18H20ClN3O2. The van der Waals surface area contributed by atoms with Crippen LogP contribution in [0.2, 0.25) is 5.02 Å². The molecule has 1 unspecified atom stereocenters. The summed E-state index contributed by atoms with van der Waals surface area (Å²) in [5.74, 6) is 0.815. The lowest BCUT2D eigenvalue weighted by Crippen LogP contribution is -2.49. The van der Waals surface area contributed by atoms with Gasteiger partial charge in [-0.05, 0) is 35.9 Å². The summed E-state index contributed by atoms with van der Waals surface area (Å²) in [5.41, 5.74) is 1.05. The molecule has 126 valence electrons. The molecule has 2 aromatic rings. The lowest BCUT2D eigenvalue weighted by molar-refractivity contribution is -0.135. The minimum Gasteiger partial charge on any atom is -0.493 e. The van der Waals surface area contributed by atoms with Crippen molar-refractivity contribution in [3.8, 4) is 5.75 Å². The summed E-state index contributed by atoms with van der Waals surface area (Å²) in [6.07, 6.45) is 3.91. The van der Waals surface area contributed by atoms with E-state index in [1.165, 1.54) is 0 Å². The van der Waals surface area contributed by atoms with E-state index in [-0.39, 0.29) is 11.9 Å². The number of hydrogen-bond donors (Lipinski definition) is 1. The van der Waals surface area contributed by atoms with Crippen LogP contribution in [0.15, 0.2) is 48.8 Å². The fraction of sp³-hybridized carbons (Fsp3) is 0.333. The quantitative estimate of drug-likeness (QED) is 0.905. The van der Waals surface area contributed by atoms with Gasteiger partial charge in [0.25, 0.3) is 0 Å². The van der Waals surface area contributed by atoms with Crippen molar-refractivity contribution < 1.29 is 9.53 Å². The van der Waals surface area contributed by atoms with Gasteiger partial charge in [0.2, 0.25) is 5.91 Å². The van der Waals surface area contributed by atoms with Crippen molar-refractivity contribution in [3.05, 3.63) is 59.4 Å². The minimum atomic E-state index is 0.0236. The number of carbonyl (C=O) groups is 1. The first-order chi connectivity index (χ1) is 11.7. The number of amides is 1. The Hall–Kier alpha value is -2.11. The number of aromatic nitrogens is 1. The maximum absolute atomic E-state index is 12.6. The minimum absolute atomic E-state index is 0.0236. The molecule has 1 N–H and O–H groups in total. The van der Waals surface area contributed by atoms with Crippen molar-refractivity contribution in [2.45, 2.75) is 12.5 Å². The average molecular weight is 346 g/mol. The van der Waals surface area contributed by atoms with Crippen LogP contribution in [0.25, 0.3) is 0 Å². The predicted molar refractivity (Wildman–Crippen MR) is 93.1 cm³/mol. The standard InChI is InChI=1S/C18H20ClN3O2/c19-15-3-5-16(6-4-15)24-11-7-18(23)22-10-9-21-13-17(22)14-2-1-8-20-12-14/h1-6,8,12,17,21H,7,9-11,13H2. The van der Waals surface area contributed by atoms with E-state index in [9.17, 15) is 4.79 Å². The monoisotopic (exact) mass is 345 g/mol. The van der Waals surface area contributed by atoms with E-state index in [0.29, 0.717) is 24.6 Å². The largest absolute Gasteiger partial charge is 0.493 e. The second kappa shape index (κ2) is 8.13. The number of rotatable bonds is 5. The Labute approximate surface area is 146 Å². The number of piperazine rings is 1. The van der Waals surface area contributed by atoms with Gasteiger partial charge in [0.15, 0.2) is 0 Å². The van der Waals surface area contributed by atoms with Crippen molar-refractivity contribution in [1.82, 2.24) is 15.2 Å². The number of benzene rings is 1. The summed E-state index contributed by atoms with van der Waals surface area (Å²) in [6.45, 7) is 2.60. The highest BCUT2D eigenvalue weighted by Crippen LogP contribution is 2.22. The maximum atomic E-state index is 12.6. The van der Waals surface area contributed by atoms with Crippen LogP contribution in [0.5, 0.6) is 5.75 Å². The van der Waals surface area contributed by atoms with Crippen LogP contribution >= 0.6 is 11.6 Å². The van der Waals surface area contributed by atoms with Gasteiger partial charge in [-0.25, -0.2) is 0 Å². The molecule has 1 saturated heterocycles. The van der Waals surface area contributed by atoms with E-state index in [1.54, 1.807) is 30.5 Å². The SMILES string of the molecule is O=C(CCOc1ccc(Cl)cc1)N1CCNCC1c1cccnc1. The molecule has 5 nitrogen and oxygen atoms in total.